The van der Waals surface area contributed by atoms with E-state index >= 15 is 0 Å². The lowest BCUT2D eigenvalue weighted by molar-refractivity contribution is -0.137. The summed E-state index contributed by atoms with van der Waals surface area (Å²) >= 11 is 0. The van der Waals surface area contributed by atoms with Gasteiger partial charge in [0.25, 0.3) is 5.91 Å². The Kier molecular flexibility index (Phi) is 5.49. The maximum Gasteiger partial charge on any atom is 0.417 e. The van der Waals surface area contributed by atoms with E-state index in [-0.39, 0.29) is 29.5 Å². The molecule has 11 heteroatoms. The first kappa shape index (κ1) is 22.3. The average Bonchev–Trinajstić information content (AvgIpc) is 3.31. The molecule has 34 heavy (non-hydrogen) atoms. The van der Waals surface area contributed by atoms with Gasteiger partial charge in [0.15, 0.2) is 0 Å². The molecular weight excluding hydrogens is 452 g/mol. The molecule has 0 radical (unpaired) electrons. The summed E-state index contributed by atoms with van der Waals surface area (Å²) in [6, 6.07) is 5.94. The molecule has 178 valence electrons. The van der Waals surface area contributed by atoms with Crippen molar-refractivity contribution in [3.8, 4) is 5.69 Å². The van der Waals surface area contributed by atoms with E-state index in [2.05, 4.69) is 27.4 Å². The summed E-state index contributed by atoms with van der Waals surface area (Å²) < 4.78 is 52.6. The Bertz CT molecular complexity index is 1180. The Hall–Kier alpha value is -3.50. The van der Waals surface area contributed by atoms with Gasteiger partial charge in [-0.25, -0.2) is 9.37 Å². The molecule has 1 aliphatic carbocycles. The minimum Gasteiger partial charge on any atom is -0.368 e. The van der Waals surface area contributed by atoms with E-state index in [1.165, 1.54) is 41.5 Å². The zero-order chi connectivity index (χ0) is 24.0. The lowest BCUT2D eigenvalue weighted by atomic mass is 9.64. The van der Waals surface area contributed by atoms with E-state index in [4.69, 9.17) is 0 Å². The number of anilines is 1. The molecular formula is C23H22F4N6O. The van der Waals surface area contributed by atoms with E-state index in [0.29, 0.717) is 24.0 Å². The van der Waals surface area contributed by atoms with Crippen molar-refractivity contribution >= 4 is 11.7 Å². The van der Waals surface area contributed by atoms with Gasteiger partial charge in [0.05, 0.1) is 35.2 Å². The highest BCUT2D eigenvalue weighted by molar-refractivity contribution is 5.98. The number of piperidine rings is 2. The van der Waals surface area contributed by atoms with Crippen molar-refractivity contribution in [1.29, 1.82) is 0 Å². The van der Waals surface area contributed by atoms with Gasteiger partial charge in [-0.15, -0.1) is 0 Å². The lowest BCUT2D eigenvalue weighted by Crippen LogP contribution is -2.64. The molecule has 0 unspecified atom stereocenters. The highest BCUT2D eigenvalue weighted by Crippen LogP contribution is 2.47. The number of fused-ring (bicyclic) bond motifs is 2. The third-order valence-corrected chi connectivity index (χ3v) is 6.89. The predicted molar refractivity (Wildman–Crippen MR) is 115 cm³/mol. The standard InChI is InChI=1S/C23H22F4N6O/c1-13-14-8-17(9-14)32(20(13)12-29-21-5-2-15(11-28-21)23(25,26)27)22(34)18-10-16(24)3-4-19(18)33-30-6-7-31-33/h2-7,10-11,13-14,17,20H,8-9,12H2,1H3,(H,28,29)/t13-,14?,17?,20-/m1/s1. The summed E-state index contributed by atoms with van der Waals surface area (Å²) in [6.07, 6.45) is 1.00. The van der Waals surface area contributed by atoms with Crippen LogP contribution in [0.4, 0.5) is 23.4 Å². The normalized spacial score (nSPS) is 24.0. The van der Waals surface area contributed by atoms with Crippen LogP contribution in [0.15, 0.2) is 48.9 Å². The molecule has 2 aromatic heterocycles. The quantitative estimate of drug-likeness (QED) is 0.562. The first-order valence-corrected chi connectivity index (χ1v) is 11.0. The highest BCUT2D eigenvalue weighted by atomic mass is 19.4. The Balaban J connectivity index is 1.40. The van der Waals surface area contributed by atoms with Crippen molar-refractivity contribution in [3.63, 3.8) is 0 Å². The number of nitrogens with zero attached hydrogens (tertiary/aromatic N) is 5. The summed E-state index contributed by atoms with van der Waals surface area (Å²) in [6.45, 7) is 2.37. The minimum absolute atomic E-state index is 0.0164. The average molecular weight is 474 g/mol. The third kappa shape index (κ3) is 3.99. The monoisotopic (exact) mass is 474 g/mol. The van der Waals surface area contributed by atoms with Crippen LogP contribution in [0.3, 0.4) is 0 Å². The second-order valence-corrected chi connectivity index (χ2v) is 8.81. The molecule has 7 nitrogen and oxygen atoms in total. The van der Waals surface area contributed by atoms with Crippen molar-refractivity contribution in [2.45, 2.75) is 38.0 Å². The van der Waals surface area contributed by atoms with Gasteiger partial charge in [-0.05, 0) is 55.0 Å². The molecule has 1 N–H and O–H groups in total. The van der Waals surface area contributed by atoms with Gasteiger partial charge in [0.2, 0.25) is 0 Å². The van der Waals surface area contributed by atoms with Crippen LogP contribution in [0, 0.1) is 17.7 Å². The van der Waals surface area contributed by atoms with Crippen LogP contribution in [0.25, 0.3) is 5.69 Å². The van der Waals surface area contributed by atoms with Crippen LogP contribution < -0.4 is 5.32 Å². The van der Waals surface area contributed by atoms with Crippen molar-refractivity contribution in [2.75, 3.05) is 11.9 Å². The van der Waals surface area contributed by atoms with Crippen LogP contribution in [-0.4, -0.2) is 49.4 Å². The molecule has 1 saturated carbocycles. The number of benzene rings is 1. The van der Waals surface area contributed by atoms with Gasteiger partial charge in [0, 0.05) is 18.8 Å². The van der Waals surface area contributed by atoms with Gasteiger partial charge >= 0.3 is 6.18 Å². The number of alkyl halides is 3. The van der Waals surface area contributed by atoms with Gasteiger partial charge in [-0.2, -0.15) is 28.2 Å². The highest BCUT2D eigenvalue weighted by Gasteiger charge is 2.50. The van der Waals surface area contributed by atoms with Crippen LogP contribution in [0.5, 0.6) is 0 Å². The molecule has 0 spiro atoms. The van der Waals surface area contributed by atoms with Crippen LogP contribution >= 0.6 is 0 Å². The predicted octanol–water partition coefficient (Wildman–Crippen LogP) is 4.17. The van der Waals surface area contributed by atoms with Crippen molar-refractivity contribution < 1.29 is 22.4 Å². The smallest absolute Gasteiger partial charge is 0.368 e. The Labute approximate surface area is 192 Å². The molecule has 2 aliphatic heterocycles. The molecule has 3 aliphatic rings. The zero-order valence-corrected chi connectivity index (χ0v) is 18.2. The molecule has 6 rings (SSSR count). The molecule has 3 fully saturated rings. The topological polar surface area (TPSA) is 75.9 Å². The summed E-state index contributed by atoms with van der Waals surface area (Å²) in [7, 11) is 0. The molecule has 1 amide bonds. The Morgan fingerprint density at radius 2 is 1.88 bits per heavy atom. The Morgan fingerprint density at radius 1 is 1.15 bits per heavy atom. The fourth-order valence-electron chi connectivity index (χ4n) is 4.93. The number of rotatable bonds is 5. The fraction of sp³-hybridized carbons (Fsp3) is 0.391. The number of carbonyl (C=O) groups is 1. The van der Waals surface area contributed by atoms with E-state index in [9.17, 15) is 22.4 Å². The second-order valence-electron chi connectivity index (χ2n) is 8.81. The fourth-order valence-corrected chi connectivity index (χ4v) is 4.93. The number of carbonyl (C=O) groups excluding carboxylic acids is 1. The number of pyridine rings is 1. The van der Waals surface area contributed by atoms with Crippen LogP contribution in [0.1, 0.15) is 35.7 Å². The van der Waals surface area contributed by atoms with E-state index in [0.717, 1.165) is 25.1 Å². The maximum absolute atomic E-state index is 14.2. The van der Waals surface area contributed by atoms with Crippen molar-refractivity contribution in [1.82, 2.24) is 24.9 Å². The molecule has 1 aromatic carbocycles. The zero-order valence-electron chi connectivity index (χ0n) is 18.2. The minimum atomic E-state index is -4.46. The SMILES string of the molecule is C[C@@H]1C2CC(C2)N(C(=O)c2cc(F)ccc2-n2nccn2)[C@@H]1CNc1ccc(C(F)(F)F)cn1. The molecule has 2 atom stereocenters. The molecule has 3 aromatic rings. The van der Waals surface area contributed by atoms with Crippen LogP contribution in [-0.2, 0) is 6.18 Å². The van der Waals surface area contributed by atoms with Gasteiger partial charge < -0.3 is 10.2 Å². The first-order valence-electron chi connectivity index (χ1n) is 11.0. The largest absolute Gasteiger partial charge is 0.417 e. The van der Waals surface area contributed by atoms with Crippen molar-refractivity contribution in [2.24, 2.45) is 11.8 Å². The second kappa shape index (κ2) is 8.37. The van der Waals surface area contributed by atoms with E-state index in [1.54, 1.807) is 4.90 Å². The summed E-state index contributed by atoms with van der Waals surface area (Å²) in [5, 5.41) is 11.2. The van der Waals surface area contributed by atoms with Crippen LogP contribution in [0.2, 0.25) is 0 Å². The Morgan fingerprint density at radius 3 is 2.53 bits per heavy atom. The first-order chi connectivity index (χ1) is 16.2. The lowest BCUT2D eigenvalue weighted by Gasteiger charge is -2.57. The van der Waals surface area contributed by atoms with Crippen molar-refractivity contribution in [3.05, 3.63) is 65.9 Å². The van der Waals surface area contributed by atoms with E-state index in [1.807, 2.05) is 0 Å². The maximum atomic E-state index is 14.2. The van der Waals surface area contributed by atoms with Gasteiger partial charge in [0.1, 0.15) is 11.6 Å². The van der Waals surface area contributed by atoms with Gasteiger partial charge in [-0.3, -0.25) is 4.79 Å². The molecule has 2 bridgehead atoms. The third-order valence-electron chi connectivity index (χ3n) is 6.89. The summed E-state index contributed by atoms with van der Waals surface area (Å²) in [4.78, 5) is 20.7. The number of hydrogen-bond donors (Lipinski definition) is 1. The summed E-state index contributed by atoms with van der Waals surface area (Å²) in [5.41, 5.74) is -0.291. The molecule has 2 saturated heterocycles. The summed E-state index contributed by atoms with van der Waals surface area (Å²) in [5.74, 6) is 0.0318. The number of halogens is 4. The van der Waals surface area contributed by atoms with E-state index < -0.39 is 17.6 Å². The molecule has 4 heterocycles. The number of nitrogens with one attached hydrogen (secondary N) is 1. The number of hydrogen-bond acceptors (Lipinski definition) is 5. The number of amides is 1. The van der Waals surface area contributed by atoms with Gasteiger partial charge in [-0.1, -0.05) is 6.92 Å². The number of aromatic nitrogens is 4.